The van der Waals surface area contributed by atoms with E-state index in [1.165, 1.54) is 0 Å². The highest BCUT2D eigenvalue weighted by Crippen LogP contribution is 2.23. The average Bonchev–Trinajstić information content (AvgIpc) is 3.17. The molecule has 0 saturated heterocycles. The van der Waals surface area contributed by atoms with Gasteiger partial charge in [0.15, 0.2) is 5.82 Å². The summed E-state index contributed by atoms with van der Waals surface area (Å²) in [6.07, 6.45) is 3.53. The lowest BCUT2D eigenvalue weighted by Crippen LogP contribution is -2.08. The van der Waals surface area contributed by atoms with Crippen molar-refractivity contribution in [2.45, 2.75) is 26.3 Å². The number of aromatic carboxylic acids is 1. The Kier molecular flexibility index (Phi) is 5.66. The number of carbonyl (C=O) groups is 1. The van der Waals surface area contributed by atoms with Crippen molar-refractivity contribution in [2.75, 3.05) is 0 Å². The van der Waals surface area contributed by atoms with Crippen LogP contribution in [0.4, 0.5) is 0 Å². The van der Waals surface area contributed by atoms with E-state index in [1.807, 2.05) is 53.2 Å². The molecule has 1 N–H and O–H groups in total. The van der Waals surface area contributed by atoms with Crippen LogP contribution in [0.25, 0.3) is 22.5 Å². The molecule has 4 aromatic rings. The van der Waals surface area contributed by atoms with Crippen molar-refractivity contribution < 1.29 is 9.90 Å². The topological polar surface area (TPSA) is 80.9 Å². The standard InChI is InChI=1S/C24H22N4O2/c1-2-8-22-26-23(17-9-4-3-5-10-17)27-28(22)16-19-14-13-18(15-25-19)20-11-6-7-12-21(20)24(29)30/h3-7,9-15H,2,8,16H2,1H3,(H,29,30). The van der Waals surface area contributed by atoms with Gasteiger partial charge < -0.3 is 5.11 Å². The number of nitrogens with zero attached hydrogens (tertiary/aromatic N) is 4. The number of hydrogen-bond acceptors (Lipinski definition) is 4. The summed E-state index contributed by atoms with van der Waals surface area (Å²) in [7, 11) is 0. The Morgan fingerprint density at radius 3 is 2.43 bits per heavy atom. The number of carboxylic acids is 1. The minimum atomic E-state index is -0.949. The number of rotatable bonds is 7. The van der Waals surface area contributed by atoms with E-state index in [0.717, 1.165) is 35.5 Å². The molecule has 0 aliphatic heterocycles. The largest absolute Gasteiger partial charge is 0.478 e. The van der Waals surface area contributed by atoms with Gasteiger partial charge in [-0.15, -0.1) is 0 Å². The Labute approximate surface area is 174 Å². The van der Waals surface area contributed by atoms with Crippen LogP contribution in [0.1, 0.15) is 35.2 Å². The molecule has 6 heteroatoms. The minimum Gasteiger partial charge on any atom is -0.478 e. The molecule has 150 valence electrons. The van der Waals surface area contributed by atoms with Crippen LogP contribution >= 0.6 is 0 Å². The summed E-state index contributed by atoms with van der Waals surface area (Å²) >= 11 is 0. The minimum absolute atomic E-state index is 0.265. The predicted molar refractivity (Wildman–Crippen MR) is 115 cm³/mol. The molecule has 2 heterocycles. The van der Waals surface area contributed by atoms with Crippen LogP contribution in [0, 0.1) is 0 Å². The van der Waals surface area contributed by atoms with Crippen LogP contribution < -0.4 is 0 Å². The highest BCUT2D eigenvalue weighted by atomic mass is 16.4. The van der Waals surface area contributed by atoms with Crippen LogP contribution in [0.15, 0.2) is 72.9 Å². The van der Waals surface area contributed by atoms with E-state index >= 15 is 0 Å². The fraction of sp³-hybridized carbons (Fsp3) is 0.167. The Balaban J connectivity index is 1.61. The van der Waals surface area contributed by atoms with Crippen molar-refractivity contribution in [3.05, 3.63) is 90.0 Å². The molecular formula is C24H22N4O2. The molecule has 0 atom stereocenters. The molecule has 4 rings (SSSR count). The summed E-state index contributed by atoms with van der Waals surface area (Å²) in [5.41, 5.74) is 3.52. The van der Waals surface area contributed by atoms with Gasteiger partial charge in [-0.1, -0.05) is 61.5 Å². The first-order valence-corrected chi connectivity index (χ1v) is 9.92. The molecular weight excluding hydrogens is 376 g/mol. The third kappa shape index (κ3) is 4.12. The molecule has 0 bridgehead atoms. The predicted octanol–water partition coefficient (Wildman–Crippen LogP) is 4.71. The summed E-state index contributed by atoms with van der Waals surface area (Å²) in [4.78, 5) is 20.8. The SMILES string of the molecule is CCCc1nc(-c2ccccc2)nn1Cc1ccc(-c2ccccc2C(=O)O)cn1. The summed E-state index contributed by atoms with van der Waals surface area (Å²) < 4.78 is 1.90. The first-order chi connectivity index (χ1) is 14.7. The number of carboxylic acid groups (broad SMARTS) is 1. The van der Waals surface area contributed by atoms with Crippen molar-refractivity contribution in [3.8, 4) is 22.5 Å². The normalized spacial score (nSPS) is 10.8. The van der Waals surface area contributed by atoms with Crippen LogP contribution in [0.3, 0.4) is 0 Å². The third-order valence-electron chi connectivity index (χ3n) is 4.86. The lowest BCUT2D eigenvalue weighted by molar-refractivity contribution is 0.0697. The summed E-state index contributed by atoms with van der Waals surface area (Å²) in [6.45, 7) is 2.63. The van der Waals surface area contributed by atoms with E-state index in [9.17, 15) is 9.90 Å². The lowest BCUT2D eigenvalue weighted by atomic mass is 10.0. The van der Waals surface area contributed by atoms with E-state index in [0.29, 0.717) is 17.9 Å². The Hall–Kier alpha value is -3.80. The van der Waals surface area contributed by atoms with Crippen molar-refractivity contribution in [1.82, 2.24) is 19.7 Å². The van der Waals surface area contributed by atoms with E-state index in [4.69, 9.17) is 10.1 Å². The average molecular weight is 398 g/mol. The van der Waals surface area contributed by atoms with Crippen LogP contribution in [-0.2, 0) is 13.0 Å². The van der Waals surface area contributed by atoms with E-state index < -0.39 is 5.97 Å². The maximum absolute atomic E-state index is 11.5. The van der Waals surface area contributed by atoms with Crippen molar-refractivity contribution in [1.29, 1.82) is 0 Å². The number of aromatic nitrogens is 4. The quantitative estimate of drug-likeness (QED) is 0.488. The molecule has 0 saturated carbocycles. The third-order valence-corrected chi connectivity index (χ3v) is 4.86. The first-order valence-electron chi connectivity index (χ1n) is 9.92. The van der Waals surface area contributed by atoms with E-state index in [-0.39, 0.29) is 5.56 Å². The maximum atomic E-state index is 11.5. The van der Waals surface area contributed by atoms with Crippen LogP contribution in [-0.4, -0.2) is 30.8 Å². The Morgan fingerprint density at radius 1 is 0.967 bits per heavy atom. The number of aryl methyl sites for hydroxylation is 1. The van der Waals surface area contributed by atoms with Gasteiger partial charge in [-0.25, -0.2) is 14.5 Å². The molecule has 0 radical (unpaired) electrons. The second-order valence-corrected chi connectivity index (χ2v) is 7.01. The molecule has 6 nitrogen and oxygen atoms in total. The van der Waals surface area contributed by atoms with Gasteiger partial charge in [0.05, 0.1) is 17.8 Å². The smallest absolute Gasteiger partial charge is 0.336 e. The first kappa shape index (κ1) is 19.5. The molecule has 0 aliphatic rings. The molecule has 30 heavy (non-hydrogen) atoms. The molecule has 0 aliphatic carbocycles. The van der Waals surface area contributed by atoms with Gasteiger partial charge in [-0.3, -0.25) is 4.98 Å². The zero-order chi connectivity index (χ0) is 20.9. The molecule has 0 fully saturated rings. The second kappa shape index (κ2) is 8.69. The van der Waals surface area contributed by atoms with Crippen molar-refractivity contribution in [3.63, 3.8) is 0 Å². The zero-order valence-corrected chi connectivity index (χ0v) is 16.7. The Morgan fingerprint density at radius 2 is 1.73 bits per heavy atom. The Bertz CT molecular complexity index is 1150. The van der Waals surface area contributed by atoms with Crippen molar-refractivity contribution in [2.24, 2.45) is 0 Å². The van der Waals surface area contributed by atoms with Gasteiger partial charge in [0.25, 0.3) is 0 Å². The summed E-state index contributed by atoms with van der Waals surface area (Å²) in [6, 6.07) is 20.7. The van der Waals surface area contributed by atoms with Gasteiger partial charge in [0.2, 0.25) is 0 Å². The number of pyridine rings is 1. The fourth-order valence-electron chi connectivity index (χ4n) is 3.37. The molecule has 2 aromatic heterocycles. The van der Waals surface area contributed by atoms with Crippen LogP contribution in [0.5, 0.6) is 0 Å². The lowest BCUT2D eigenvalue weighted by Gasteiger charge is -2.08. The van der Waals surface area contributed by atoms with Gasteiger partial charge in [-0.2, -0.15) is 5.10 Å². The molecule has 2 aromatic carbocycles. The zero-order valence-electron chi connectivity index (χ0n) is 16.7. The molecule has 0 amide bonds. The number of hydrogen-bond donors (Lipinski definition) is 1. The second-order valence-electron chi connectivity index (χ2n) is 7.01. The van der Waals surface area contributed by atoms with E-state index in [2.05, 4.69) is 11.9 Å². The highest BCUT2D eigenvalue weighted by molar-refractivity contribution is 5.95. The molecule has 0 unspecified atom stereocenters. The van der Waals surface area contributed by atoms with Gasteiger partial charge in [0.1, 0.15) is 5.82 Å². The highest BCUT2D eigenvalue weighted by Gasteiger charge is 2.13. The van der Waals surface area contributed by atoms with Gasteiger partial charge >= 0.3 is 5.97 Å². The van der Waals surface area contributed by atoms with E-state index in [1.54, 1.807) is 24.4 Å². The summed E-state index contributed by atoms with van der Waals surface area (Å²) in [5.74, 6) is 0.694. The van der Waals surface area contributed by atoms with Crippen LogP contribution in [0.2, 0.25) is 0 Å². The maximum Gasteiger partial charge on any atom is 0.336 e. The van der Waals surface area contributed by atoms with Gasteiger partial charge in [-0.05, 0) is 24.1 Å². The molecule has 0 spiro atoms. The van der Waals surface area contributed by atoms with Crippen molar-refractivity contribution >= 4 is 5.97 Å². The van der Waals surface area contributed by atoms with Gasteiger partial charge in [0, 0.05) is 23.7 Å². The monoisotopic (exact) mass is 398 g/mol. The summed E-state index contributed by atoms with van der Waals surface area (Å²) in [5, 5.41) is 14.1. The number of benzene rings is 2. The fourth-order valence-corrected chi connectivity index (χ4v) is 3.37.